The Labute approximate surface area is 126 Å². The Hall–Kier alpha value is -0.860. The van der Waals surface area contributed by atoms with Gasteiger partial charge in [-0.25, -0.2) is 0 Å². The van der Waals surface area contributed by atoms with Gasteiger partial charge in [0.1, 0.15) is 6.10 Å². The van der Waals surface area contributed by atoms with E-state index in [2.05, 4.69) is 0 Å². The Balaban J connectivity index is 2.02. The lowest BCUT2D eigenvalue weighted by atomic mass is 9.82. The van der Waals surface area contributed by atoms with E-state index >= 15 is 0 Å². The number of ether oxygens (including phenoxy) is 1. The van der Waals surface area contributed by atoms with E-state index in [-0.39, 0.29) is 11.9 Å². The molecule has 0 N–H and O–H groups in total. The van der Waals surface area contributed by atoms with E-state index in [9.17, 15) is 4.79 Å². The van der Waals surface area contributed by atoms with E-state index in [1.54, 1.807) is 0 Å². The summed E-state index contributed by atoms with van der Waals surface area (Å²) in [7, 11) is 0. The molecule has 0 bridgehead atoms. The van der Waals surface area contributed by atoms with Crippen molar-refractivity contribution in [3.05, 3.63) is 34.9 Å². The summed E-state index contributed by atoms with van der Waals surface area (Å²) >= 11 is 5.98. The van der Waals surface area contributed by atoms with Crippen molar-refractivity contribution in [2.75, 3.05) is 6.61 Å². The number of carbonyl (C=O) groups is 1. The van der Waals surface area contributed by atoms with Crippen molar-refractivity contribution >= 4 is 17.4 Å². The SMILES string of the molecule is CCOC(C(=O)Cc1cccc(Cl)c1)C1CCCCC1. The molecule has 20 heavy (non-hydrogen) atoms. The highest BCUT2D eigenvalue weighted by atomic mass is 35.5. The van der Waals surface area contributed by atoms with Gasteiger partial charge in [0.05, 0.1) is 0 Å². The van der Waals surface area contributed by atoms with Crippen LogP contribution in [0.1, 0.15) is 44.6 Å². The van der Waals surface area contributed by atoms with Gasteiger partial charge in [-0.1, -0.05) is 43.0 Å². The molecule has 0 saturated heterocycles. The van der Waals surface area contributed by atoms with Gasteiger partial charge in [-0.05, 0) is 43.4 Å². The molecule has 0 spiro atoms. The Morgan fingerprint density at radius 2 is 2.10 bits per heavy atom. The van der Waals surface area contributed by atoms with Gasteiger partial charge in [0.2, 0.25) is 0 Å². The van der Waals surface area contributed by atoms with Crippen LogP contribution in [0.25, 0.3) is 0 Å². The Morgan fingerprint density at radius 1 is 1.35 bits per heavy atom. The zero-order valence-corrected chi connectivity index (χ0v) is 12.9. The number of rotatable bonds is 6. The zero-order valence-electron chi connectivity index (χ0n) is 12.1. The highest BCUT2D eigenvalue weighted by molar-refractivity contribution is 6.30. The van der Waals surface area contributed by atoms with Crippen LogP contribution in [-0.2, 0) is 16.0 Å². The lowest BCUT2D eigenvalue weighted by Crippen LogP contribution is -2.35. The third kappa shape index (κ3) is 4.32. The zero-order chi connectivity index (χ0) is 14.4. The van der Waals surface area contributed by atoms with Gasteiger partial charge in [0.25, 0.3) is 0 Å². The largest absolute Gasteiger partial charge is 0.370 e. The van der Waals surface area contributed by atoms with Crippen molar-refractivity contribution in [2.24, 2.45) is 5.92 Å². The van der Waals surface area contributed by atoms with E-state index in [1.807, 2.05) is 31.2 Å². The van der Waals surface area contributed by atoms with E-state index in [0.717, 1.165) is 18.4 Å². The van der Waals surface area contributed by atoms with Gasteiger partial charge < -0.3 is 4.74 Å². The molecule has 2 rings (SSSR count). The molecule has 3 heteroatoms. The lowest BCUT2D eigenvalue weighted by Gasteiger charge is -2.29. The predicted octanol–water partition coefficient (Wildman–Crippen LogP) is 4.44. The van der Waals surface area contributed by atoms with Gasteiger partial charge in [0.15, 0.2) is 5.78 Å². The molecule has 1 atom stereocenters. The molecule has 110 valence electrons. The first kappa shape index (κ1) is 15.5. The number of hydrogen-bond acceptors (Lipinski definition) is 2. The monoisotopic (exact) mass is 294 g/mol. The lowest BCUT2D eigenvalue weighted by molar-refractivity contribution is -0.134. The second-order valence-corrected chi connectivity index (χ2v) is 5.98. The molecule has 0 radical (unpaired) electrons. The molecule has 1 aromatic rings. The third-order valence-electron chi connectivity index (χ3n) is 4.01. The number of halogens is 1. The first-order valence-corrected chi connectivity index (χ1v) is 7.97. The molecule has 2 nitrogen and oxygen atoms in total. The van der Waals surface area contributed by atoms with Gasteiger partial charge in [-0.2, -0.15) is 0 Å². The quantitative estimate of drug-likeness (QED) is 0.775. The average Bonchev–Trinajstić information content (AvgIpc) is 2.45. The van der Waals surface area contributed by atoms with Crippen molar-refractivity contribution in [3.8, 4) is 0 Å². The molecule has 0 aliphatic heterocycles. The second kappa shape index (κ2) is 7.80. The van der Waals surface area contributed by atoms with Crippen LogP contribution in [-0.4, -0.2) is 18.5 Å². The molecule has 1 unspecified atom stereocenters. The molecule has 1 aliphatic rings. The molecule has 0 aromatic heterocycles. The predicted molar refractivity (Wildman–Crippen MR) is 82.2 cm³/mol. The third-order valence-corrected chi connectivity index (χ3v) is 4.24. The summed E-state index contributed by atoms with van der Waals surface area (Å²) in [6, 6.07) is 7.54. The first-order valence-electron chi connectivity index (χ1n) is 7.59. The number of benzene rings is 1. The normalized spacial score (nSPS) is 17.9. The molecule has 1 saturated carbocycles. The Morgan fingerprint density at radius 3 is 2.75 bits per heavy atom. The van der Waals surface area contributed by atoms with Crippen molar-refractivity contribution in [1.82, 2.24) is 0 Å². The maximum atomic E-state index is 12.5. The number of carbonyl (C=O) groups excluding carboxylic acids is 1. The van der Waals surface area contributed by atoms with Crippen LogP contribution in [0, 0.1) is 5.92 Å². The number of ketones is 1. The van der Waals surface area contributed by atoms with Crippen molar-refractivity contribution in [1.29, 1.82) is 0 Å². The van der Waals surface area contributed by atoms with Gasteiger partial charge in [0, 0.05) is 18.1 Å². The van der Waals surface area contributed by atoms with Crippen LogP contribution in [0.2, 0.25) is 5.02 Å². The summed E-state index contributed by atoms with van der Waals surface area (Å²) in [5.74, 6) is 0.594. The highest BCUT2D eigenvalue weighted by Gasteiger charge is 2.29. The molecule has 0 heterocycles. The highest BCUT2D eigenvalue weighted by Crippen LogP contribution is 2.29. The Bertz CT molecular complexity index is 438. The van der Waals surface area contributed by atoms with Crippen molar-refractivity contribution in [2.45, 2.75) is 51.6 Å². The van der Waals surface area contributed by atoms with Crippen LogP contribution >= 0.6 is 11.6 Å². The van der Waals surface area contributed by atoms with Gasteiger partial charge >= 0.3 is 0 Å². The van der Waals surface area contributed by atoms with Gasteiger partial charge in [-0.3, -0.25) is 4.79 Å². The fourth-order valence-corrected chi connectivity index (χ4v) is 3.27. The summed E-state index contributed by atoms with van der Waals surface area (Å²) in [5.41, 5.74) is 0.975. The van der Waals surface area contributed by atoms with Crippen LogP contribution < -0.4 is 0 Å². The summed E-state index contributed by atoms with van der Waals surface area (Å²) in [6.07, 6.45) is 6.15. The van der Waals surface area contributed by atoms with Crippen molar-refractivity contribution < 1.29 is 9.53 Å². The van der Waals surface area contributed by atoms with Gasteiger partial charge in [-0.15, -0.1) is 0 Å². The maximum absolute atomic E-state index is 12.5. The minimum absolute atomic E-state index is 0.195. The fourth-order valence-electron chi connectivity index (χ4n) is 3.06. The molecule has 1 fully saturated rings. The van der Waals surface area contributed by atoms with Crippen molar-refractivity contribution in [3.63, 3.8) is 0 Å². The summed E-state index contributed by atoms with van der Waals surface area (Å²) in [6.45, 7) is 2.56. The molecule has 0 amide bonds. The summed E-state index contributed by atoms with van der Waals surface area (Å²) in [5, 5.41) is 0.681. The topological polar surface area (TPSA) is 26.3 Å². The second-order valence-electron chi connectivity index (χ2n) is 5.55. The fraction of sp³-hybridized carbons (Fsp3) is 0.588. The summed E-state index contributed by atoms with van der Waals surface area (Å²) < 4.78 is 5.76. The van der Waals surface area contributed by atoms with Crippen LogP contribution in [0.3, 0.4) is 0 Å². The molecular weight excluding hydrogens is 272 g/mol. The van der Waals surface area contributed by atoms with Crippen LogP contribution in [0.4, 0.5) is 0 Å². The van der Waals surface area contributed by atoms with Crippen LogP contribution in [0.5, 0.6) is 0 Å². The molecule has 1 aliphatic carbocycles. The van der Waals surface area contributed by atoms with E-state index in [0.29, 0.717) is 24.0 Å². The minimum atomic E-state index is -0.237. The number of hydrogen-bond donors (Lipinski definition) is 0. The number of Topliss-reactive ketones (excluding diaryl/α,β-unsaturated/α-hetero) is 1. The average molecular weight is 295 g/mol. The minimum Gasteiger partial charge on any atom is -0.370 e. The smallest absolute Gasteiger partial charge is 0.166 e. The first-order chi connectivity index (χ1) is 9.70. The standard InChI is InChI=1S/C17H23ClO2/c1-2-20-17(14-8-4-3-5-9-14)16(19)12-13-7-6-10-15(18)11-13/h6-7,10-11,14,17H,2-5,8-9,12H2,1H3. The maximum Gasteiger partial charge on any atom is 0.166 e. The van der Waals surface area contributed by atoms with E-state index in [4.69, 9.17) is 16.3 Å². The van der Waals surface area contributed by atoms with Crippen LogP contribution in [0.15, 0.2) is 24.3 Å². The Kier molecular flexibility index (Phi) is 6.06. The van der Waals surface area contributed by atoms with E-state index in [1.165, 1.54) is 19.3 Å². The molecular formula is C17H23ClO2. The summed E-state index contributed by atoms with van der Waals surface area (Å²) in [4.78, 5) is 12.5. The molecule has 1 aromatic carbocycles. The van der Waals surface area contributed by atoms with E-state index < -0.39 is 0 Å².